The van der Waals surface area contributed by atoms with Crippen molar-refractivity contribution in [3.05, 3.63) is 22.4 Å². The fourth-order valence-electron chi connectivity index (χ4n) is 2.65. The molecule has 0 aliphatic carbocycles. The molecule has 1 saturated heterocycles. The number of ether oxygens (including phenoxy) is 1. The summed E-state index contributed by atoms with van der Waals surface area (Å²) in [7, 11) is 0. The lowest BCUT2D eigenvalue weighted by molar-refractivity contribution is 0.0286. The molecule has 1 fully saturated rings. The monoisotopic (exact) mass is 296 g/mol. The third-order valence-corrected chi connectivity index (χ3v) is 4.61. The van der Waals surface area contributed by atoms with Gasteiger partial charge in [0.1, 0.15) is 5.60 Å². The van der Waals surface area contributed by atoms with Crippen molar-refractivity contribution in [2.45, 2.75) is 38.7 Å². The Labute approximate surface area is 124 Å². The average molecular weight is 296 g/mol. The standard InChI is InChI=1S/C15H24N2O2S/c1-15(2,3)19-14(18)17-7-6-11(10-17)12(9-16)13-5-4-8-20-13/h4-5,8,11-12H,6-7,9-10,16H2,1-3H3. The fraction of sp³-hybridized carbons (Fsp3) is 0.667. The summed E-state index contributed by atoms with van der Waals surface area (Å²) in [4.78, 5) is 15.2. The van der Waals surface area contributed by atoms with Crippen LogP contribution < -0.4 is 5.73 Å². The molecule has 1 aromatic rings. The molecule has 0 aromatic carbocycles. The van der Waals surface area contributed by atoms with Gasteiger partial charge in [0.25, 0.3) is 0 Å². The number of carbonyl (C=O) groups excluding carboxylic acids is 1. The van der Waals surface area contributed by atoms with Crippen LogP contribution in [0.5, 0.6) is 0 Å². The predicted octanol–water partition coefficient (Wildman–Crippen LogP) is 3.05. The molecule has 1 aliphatic rings. The smallest absolute Gasteiger partial charge is 0.410 e. The van der Waals surface area contributed by atoms with Crippen molar-refractivity contribution >= 4 is 17.4 Å². The number of rotatable bonds is 3. The lowest BCUT2D eigenvalue weighted by Gasteiger charge is -2.25. The van der Waals surface area contributed by atoms with E-state index in [0.29, 0.717) is 18.4 Å². The molecule has 0 spiro atoms. The van der Waals surface area contributed by atoms with E-state index in [2.05, 4.69) is 17.5 Å². The summed E-state index contributed by atoms with van der Waals surface area (Å²) in [5.74, 6) is 0.786. The highest BCUT2D eigenvalue weighted by Crippen LogP contribution is 2.34. The van der Waals surface area contributed by atoms with Crippen LogP contribution in [-0.4, -0.2) is 36.2 Å². The van der Waals surface area contributed by atoms with E-state index in [1.807, 2.05) is 25.7 Å². The highest BCUT2D eigenvalue weighted by atomic mass is 32.1. The molecule has 0 saturated carbocycles. The molecule has 0 bridgehead atoms. The van der Waals surface area contributed by atoms with Gasteiger partial charge in [-0.05, 0) is 44.6 Å². The Hall–Kier alpha value is -1.07. The minimum atomic E-state index is -0.434. The number of nitrogens with two attached hydrogens (primary N) is 1. The van der Waals surface area contributed by atoms with Crippen molar-refractivity contribution in [1.82, 2.24) is 4.90 Å². The first-order chi connectivity index (χ1) is 9.40. The van der Waals surface area contributed by atoms with Crippen LogP contribution in [0.4, 0.5) is 4.79 Å². The lowest BCUT2D eigenvalue weighted by Crippen LogP contribution is -2.36. The molecule has 5 heteroatoms. The summed E-state index contributed by atoms with van der Waals surface area (Å²) in [5, 5.41) is 2.08. The van der Waals surface area contributed by atoms with Gasteiger partial charge in [0.05, 0.1) is 0 Å². The van der Waals surface area contributed by atoms with E-state index in [0.717, 1.165) is 19.5 Å². The molecule has 1 amide bonds. The largest absolute Gasteiger partial charge is 0.444 e. The second kappa shape index (κ2) is 6.14. The van der Waals surface area contributed by atoms with E-state index >= 15 is 0 Å². The first-order valence-electron chi connectivity index (χ1n) is 7.12. The normalized spacial score (nSPS) is 21.0. The maximum absolute atomic E-state index is 12.1. The van der Waals surface area contributed by atoms with Crippen LogP contribution in [0.25, 0.3) is 0 Å². The Kier molecular flexibility index (Phi) is 4.70. The summed E-state index contributed by atoms with van der Waals surface area (Å²) in [6.07, 6.45) is 0.792. The van der Waals surface area contributed by atoms with Gasteiger partial charge < -0.3 is 15.4 Å². The minimum absolute atomic E-state index is 0.207. The van der Waals surface area contributed by atoms with Gasteiger partial charge in [-0.2, -0.15) is 0 Å². The quantitative estimate of drug-likeness (QED) is 0.932. The summed E-state index contributed by atoms with van der Waals surface area (Å²) in [6.45, 7) is 7.83. The fourth-order valence-corrected chi connectivity index (χ4v) is 3.59. The van der Waals surface area contributed by atoms with Gasteiger partial charge in [0, 0.05) is 30.4 Å². The van der Waals surface area contributed by atoms with Crippen LogP contribution in [-0.2, 0) is 4.74 Å². The Morgan fingerprint density at radius 1 is 1.60 bits per heavy atom. The number of thiophene rings is 1. The first kappa shape index (κ1) is 15.3. The highest BCUT2D eigenvalue weighted by molar-refractivity contribution is 7.10. The van der Waals surface area contributed by atoms with E-state index < -0.39 is 5.60 Å². The van der Waals surface area contributed by atoms with Crippen LogP contribution in [0.15, 0.2) is 17.5 Å². The van der Waals surface area contributed by atoms with Gasteiger partial charge in [0.2, 0.25) is 0 Å². The van der Waals surface area contributed by atoms with Crippen molar-refractivity contribution in [2.24, 2.45) is 11.7 Å². The number of nitrogens with zero attached hydrogens (tertiary/aromatic N) is 1. The molecule has 1 aromatic heterocycles. The van der Waals surface area contributed by atoms with Crippen molar-refractivity contribution < 1.29 is 9.53 Å². The zero-order chi connectivity index (χ0) is 14.8. The van der Waals surface area contributed by atoms with Gasteiger partial charge in [-0.3, -0.25) is 0 Å². The zero-order valence-electron chi connectivity index (χ0n) is 12.5. The van der Waals surface area contributed by atoms with Crippen molar-refractivity contribution in [1.29, 1.82) is 0 Å². The topological polar surface area (TPSA) is 55.6 Å². The predicted molar refractivity (Wildman–Crippen MR) is 82.0 cm³/mol. The second-order valence-electron chi connectivity index (χ2n) is 6.33. The summed E-state index contributed by atoms with van der Waals surface area (Å²) >= 11 is 1.75. The van der Waals surface area contributed by atoms with Gasteiger partial charge in [-0.1, -0.05) is 6.07 Å². The Morgan fingerprint density at radius 2 is 2.35 bits per heavy atom. The molecular weight excluding hydrogens is 272 g/mol. The van der Waals surface area contributed by atoms with E-state index in [1.165, 1.54) is 4.88 Å². The maximum Gasteiger partial charge on any atom is 0.410 e. The number of amides is 1. The molecule has 2 unspecified atom stereocenters. The van der Waals surface area contributed by atoms with E-state index in [1.54, 1.807) is 11.3 Å². The maximum atomic E-state index is 12.1. The molecule has 1 aliphatic heterocycles. The van der Waals surface area contributed by atoms with Crippen LogP contribution in [0, 0.1) is 5.92 Å². The molecule has 2 rings (SSSR count). The lowest BCUT2D eigenvalue weighted by atomic mass is 9.90. The molecule has 112 valence electrons. The SMILES string of the molecule is CC(C)(C)OC(=O)N1CCC(C(CN)c2cccs2)C1. The summed E-state index contributed by atoms with van der Waals surface area (Å²) < 4.78 is 5.43. The van der Waals surface area contributed by atoms with Crippen molar-refractivity contribution in [3.8, 4) is 0 Å². The molecule has 4 nitrogen and oxygen atoms in total. The summed E-state index contributed by atoms with van der Waals surface area (Å²) in [5.41, 5.74) is 5.50. The molecule has 20 heavy (non-hydrogen) atoms. The highest BCUT2D eigenvalue weighted by Gasteiger charge is 2.34. The average Bonchev–Trinajstić information content (AvgIpc) is 2.98. The number of hydrogen-bond donors (Lipinski definition) is 1. The van der Waals surface area contributed by atoms with Gasteiger partial charge in [0.15, 0.2) is 0 Å². The van der Waals surface area contributed by atoms with Crippen LogP contribution in [0.2, 0.25) is 0 Å². The Morgan fingerprint density at radius 3 is 2.90 bits per heavy atom. The number of likely N-dealkylation sites (tertiary alicyclic amines) is 1. The minimum Gasteiger partial charge on any atom is -0.444 e. The molecule has 2 N–H and O–H groups in total. The van der Waals surface area contributed by atoms with Crippen LogP contribution in [0.3, 0.4) is 0 Å². The van der Waals surface area contributed by atoms with E-state index in [4.69, 9.17) is 10.5 Å². The van der Waals surface area contributed by atoms with Crippen molar-refractivity contribution in [3.63, 3.8) is 0 Å². The Balaban J connectivity index is 1.96. The first-order valence-corrected chi connectivity index (χ1v) is 8.00. The van der Waals surface area contributed by atoms with E-state index in [-0.39, 0.29) is 6.09 Å². The molecule has 2 heterocycles. The third-order valence-electron chi connectivity index (χ3n) is 3.61. The van der Waals surface area contributed by atoms with Crippen LogP contribution >= 0.6 is 11.3 Å². The Bertz CT molecular complexity index is 439. The van der Waals surface area contributed by atoms with Crippen molar-refractivity contribution in [2.75, 3.05) is 19.6 Å². The van der Waals surface area contributed by atoms with Crippen LogP contribution in [0.1, 0.15) is 38.0 Å². The number of carbonyl (C=O) groups is 1. The van der Waals surface area contributed by atoms with E-state index in [9.17, 15) is 4.79 Å². The zero-order valence-corrected chi connectivity index (χ0v) is 13.3. The van der Waals surface area contributed by atoms with Gasteiger partial charge in [-0.25, -0.2) is 4.79 Å². The second-order valence-corrected chi connectivity index (χ2v) is 7.31. The van der Waals surface area contributed by atoms with Gasteiger partial charge in [-0.15, -0.1) is 11.3 Å². The molecule has 2 atom stereocenters. The summed E-state index contributed by atoms with van der Waals surface area (Å²) in [6, 6.07) is 4.20. The van der Waals surface area contributed by atoms with Gasteiger partial charge >= 0.3 is 6.09 Å². The molecule has 0 radical (unpaired) electrons. The molecular formula is C15H24N2O2S. The number of hydrogen-bond acceptors (Lipinski definition) is 4. The third kappa shape index (κ3) is 3.73.